The van der Waals surface area contributed by atoms with E-state index >= 15 is 0 Å². The highest BCUT2D eigenvalue weighted by atomic mass is 16.5. The van der Waals surface area contributed by atoms with Gasteiger partial charge in [0, 0.05) is 37.0 Å². The molecule has 0 bridgehead atoms. The Morgan fingerprint density at radius 1 is 1.48 bits per heavy atom. The Hall–Kier alpha value is -2.24. The fourth-order valence-electron chi connectivity index (χ4n) is 3.15. The zero-order valence-electron chi connectivity index (χ0n) is 15.3. The third-order valence-electron chi connectivity index (χ3n) is 4.52. The van der Waals surface area contributed by atoms with Crippen molar-refractivity contribution in [3.05, 3.63) is 23.8 Å². The van der Waals surface area contributed by atoms with Gasteiger partial charge in [0.15, 0.2) is 0 Å². The van der Waals surface area contributed by atoms with Gasteiger partial charge < -0.3 is 26.1 Å². The number of nitrogens with zero attached hydrogens (tertiary/aromatic N) is 1. The van der Waals surface area contributed by atoms with Crippen molar-refractivity contribution in [2.45, 2.75) is 39.5 Å². The van der Waals surface area contributed by atoms with Crippen LogP contribution < -0.4 is 15.8 Å². The first-order valence-corrected chi connectivity index (χ1v) is 9.12. The van der Waals surface area contributed by atoms with Crippen molar-refractivity contribution in [1.29, 1.82) is 5.41 Å². The third kappa shape index (κ3) is 5.37. The Morgan fingerprint density at radius 3 is 3.00 bits per heavy atom. The SMILES string of the molecule is CCCCNC(=O)N1CCCC(COc2cccc(N)c2C(C)=N)C1. The normalized spacial score (nSPS) is 17.2. The number of nitrogens with two attached hydrogens (primary N) is 1. The van der Waals surface area contributed by atoms with Crippen LogP contribution in [-0.2, 0) is 0 Å². The molecule has 1 aromatic carbocycles. The number of benzene rings is 1. The molecule has 0 spiro atoms. The summed E-state index contributed by atoms with van der Waals surface area (Å²) in [6.07, 6.45) is 4.11. The second-order valence-electron chi connectivity index (χ2n) is 6.70. The monoisotopic (exact) mass is 346 g/mol. The lowest BCUT2D eigenvalue weighted by Crippen LogP contribution is -2.46. The van der Waals surface area contributed by atoms with Gasteiger partial charge in [0.05, 0.1) is 12.2 Å². The molecule has 1 heterocycles. The van der Waals surface area contributed by atoms with Gasteiger partial charge in [0.2, 0.25) is 0 Å². The fraction of sp³-hybridized carbons (Fsp3) is 0.579. The average Bonchev–Trinajstić information content (AvgIpc) is 2.60. The molecule has 138 valence electrons. The minimum Gasteiger partial charge on any atom is -0.492 e. The number of hydrogen-bond acceptors (Lipinski definition) is 4. The lowest BCUT2D eigenvalue weighted by molar-refractivity contribution is 0.137. The van der Waals surface area contributed by atoms with Crippen LogP contribution in [0.15, 0.2) is 18.2 Å². The van der Waals surface area contributed by atoms with Crippen LogP contribution >= 0.6 is 0 Å². The van der Waals surface area contributed by atoms with Crippen molar-refractivity contribution >= 4 is 17.4 Å². The largest absolute Gasteiger partial charge is 0.492 e. The first-order valence-electron chi connectivity index (χ1n) is 9.12. The summed E-state index contributed by atoms with van der Waals surface area (Å²) < 4.78 is 5.97. The topological polar surface area (TPSA) is 91.4 Å². The van der Waals surface area contributed by atoms with Gasteiger partial charge in [-0.05, 0) is 38.3 Å². The van der Waals surface area contributed by atoms with E-state index in [1.807, 2.05) is 17.0 Å². The van der Waals surface area contributed by atoms with E-state index in [0.29, 0.717) is 41.8 Å². The van der Waals surface area contributed by atoms with Crippen LogP contribution in [0.1, 0.15) is 45.1 Å². The molecule has 0 aromatic heterocycles. The Bertz CT molecular complexity index is 603. The quantitative estimate of drug-likeness (QED) is 0.402. The smallest absolute Gasteiger partial charge is 0.317 e. The van der Waals surface area contributed by atoms with Crippen LogP contribution in [0.4, 0.5) is 10.5 Å². The van der Waals surface area contributed by atoms with Crippen molar-refractivity contribution in [2.24, 2.45) is 5.92 Å². The van der Waals surface area contributed by atoms with Crippen molar-refractivity contribution < 1.29 is 9.53 Å². The number of urea groups is 1. The Balaban J connectivity index is 1.90. The maximum atomic E-state index is 12.2. The standard InChI is InChI=1S/C19H30N4O2/c1-3-4-10-22-19(24)23-11-6-7-15(12-23)13-25-17-9-5-8-16(21)18(17)14(2)20/h5,8-9,15,20H,3-4,6-7,10-13,21H2,1-2H3,(H,22,24). The molecular formula is C19H30N4O2. The minimum absolute atomic E-state index is 0.0260. The number of unbranched alkanes of at least 4 members (excludes halogenated alkanes) is 1. The number of carbonyl (C=O) groups is 1. The predicted molar refractivity (Wildman–Crippen MR) is 101 cm³/mol. The van der Waals surface area contributed by atoms with Gasteiger partial charge in [-0.25, -0.2) is 4.79 Å². The minimum atomic E-state index is 0.0260. The van der Waals surface area contributed by atoms with E-state index in [4.69, 9.17) is 15.9 Å². The zero-order chi connectivity index (χ0) is 18.2. The summed E-state index contributed by atoms with van der Waals surface area (Å²) in [4.78, 5) is 14.1. The van der Waals surface area contributed by atoms with E-state index in [1.54, 1.807) is 13.0 Å². The number of carbonyl (C=O) groups excluding carboxylic acids is 1. The predicted octanol–water partition coefficient (Wildman–Crippen LogP) is 3.26. The molecule has 1 fully saturated rings. The number of nitrogen functional groups attached to an aromatic ring is 1. The molecule has 1 aliphatic rings. The van der Waals surface area contributed by atoms with E-state index in [1.165, 1.54) is 0 Å². The van der Waals surface area contributed by atoms with E-state index in [-0.39, 0.29) is 6.03 Å². The third-order valence-corrected chi connectivity index (χ3v) is 4.52. The van der Waals surface area contributed by atoms with Crippen molar-refractivity contribution in [1.82, 2.24) is 10.2 Å². The molecule has 1 unspecified atom stereocenters. The van der Waals surface area contributed by atoms with Gasteiger partial charge in [-0.2, -0.15) is 0 Å². The average molecular weight is 346 g/mol. The highest BCUT2D eigenvalue weighted by Crippen LogP contribution is 2.26. The van der Waals surface area contributed by atoms with E-state index < -0.39 is 0 Å². The molecule has 1 aliphatic heterocycles. The molecule has 6 heteroatoms. The Morgan fingerprint density at radius 2 is 2.28 bits per heavy atom. The van der Waals surface area contributed by atoms with Gasteiger partial charge >= 0.3 is 6.03 Å². The van der Waals surface area contributed by atoms with E-state index in [0.717, 1.165) is 38.8 Å². The van der Waals surface area contributed by atoms with Crippen LogP contribution in [-0.4, -0.2) is 42.9 Å². The molecule has 1 aromatic rings. The molecule has 1 atom stereocenters. The van der Waals surface area contributed by atoms with Crippen LogP contribution in [0.25, 0.3) is 0 Å². The molecule has 4 N–H and O–H groups in total. The molecule has 2 amide bonds. The highest BCUT2D eigenvalue weighted by Gasteiger charge is 2.24. The number of likely N-dealkylation sites (tertiary alicyclic amines) is 1. The van der Waals surface area contributed by atoms with Gasteiger partial charge in [0.25, 0.3) is 0 Å². The maximum absolute atomic E-state index is 12.2. The number of rotatable bonds is 7. The van der Waals surface area contributed by atoms with Gasteiger partial charge in [0.1, 0.15) is 5.75 Å². The Kier molecular flexibility index (Phi) is 7.10. The molecule has 0 aliphatic carbocycles. The Labute approximate surface area is 150 Å². The number of anilines is 1. The molecule has 2 rings (SSSR count). The summed E-state index contributed by atoms with van der Waals surface area (Å²) in [5.41, 5.74) is 7.59. The molecule has 25 heavy (non-hydrogen) atoms. The summed E-state index contributed by atoms with van der Waals surface area (Å²) in [5.74, 6) is 0.947. The zero-order valence-corrected chi connectivity index (χ0v) is 15.3. The number of amides is 2. The van der Waals surface area contributed by atoms with Crippen molar-refractivity contribution in [3.8, 4) is 5.75 Å². The summed E-state index contributed by atoms with van der Waals surface area (Å²) in [6.45, 7) is 6.60. The highest BCUT2D eigenvalue weighted by molar-refractivity contribution is 6.03. The molecule has 1 saturated heterocycles. The lowest BCUT2D eigenvalue weighted by Gasteiger charge is -2.32. The second kappa shape index (κ2) is 9.30. The lowest BCUT2D eigenvalue weighted by atomic mass is 9.99. The summed E-state index contributed by atoms with van der Waals surface area (Å²) in [5, 5.41) is 10.9. The first-order chi connectivity index (χ1) is 12.0. The van der Waals surface area contributed by atoms with Gasteiger partial charge in [-0.1, -0.05) is 19.4 Å². The van der Waals surface area contributed by atoms with Crippen molar-refractivity contribution in [2.75, 3.05) is 32.0 Å². The summed E-state index contributed by atoms with van der Waals surface area (Å²) in [6, 6.07) is 5.49. The van der Waals surface area contributed by atoms with Gasteiger partial charge in [-0.15, -0.1) is 0 Å². The summed E-state index contributed by atoms with van der Waals surface area (Å²) in [7, 11) is 0. The van der Waals surface area contributed by atoms with Crippen LogP contribution in [0.2, 0.25) is 0 Å². The van der Waals surface area contributed by atoms with Crippen LogP contribution in [0, 0.1) is 11.3 Å². The summed E-state index contributed by atoms with van der Waals surface area (Å²) >= 11 is 0. The molecular weight excluding hydrogens is 316 g/mol. The number of nitrogens with one attached hydrogen (secondary N) is 2. The molecule has 6 nitrogen and oxygen atoms in total. The number of hydrogen-bond donors (Lipinski definition) is 3. The maximum Gasteiger partial charge on any atom is 0.317 e. The molecule has 0 radical (unpaired) electrons. The fourth-order valence-corrected chi connectivity index (χ4v) is 3.15. The second-order valence-corrected chi connectivity index (χ2v) is 6.70. The van der Waals surface area contributed by atoms with E-state index in [9.17, 15) is 4.79 Å². The molecule has 0 saturated carbocycles. The van der Waals surface area contributed by atoms with E-state index in [2.05, 4.69) is 12.2 Å². The first kappa shape index (κ1) is 19.1. The van der Waals surface area contributed by atoms with Crippen molar-refractivity contribution in [3.63, 3.8) is 0 Å². The number of ether oxygens (including phenoxy) is 1. The van der Waals surface area contributed by atoms with Crippen LogP contribution in [0.3, 0.4) is 0 Å². The number of piperidine rings is 1. The van der Waals surface area contributed by atoms with Gasteiger partial charge in [-0.3, -0.25) is 0 Å². The van der Waals surface area contributed by atoms with Crippen LogP contribution in [0.5, 0.6) is 5.75 Å².